The molecule has 0 N–H and O–H groups in total. The van der Waals surface area contributed by atoms with Gasteiger partial charge in [-0.25, -0.2) is 0 Å². The predicted molar refractivity (Wildman–Crippen MR) is 28.8 cm³/mol. The Hall–Kier alpha value is -1.10. The minimum atomic E-state index is -1.44. The van der Waals surface area contributed by atoms with Crippen molar-refractivity contribution in [1.82, 2.24) is 4.57 Å². The van der Waals surface area contributed by atoms with Crippen LogP contribution in [0.25, 0.3) is 0 Å². The van der Waals surface area contributed by atoms with Gasteiger partial charge in [-0.3, -0.25) is 14.2 Å². The van der Waals surface area contributed by atoms with Crippen molar-refractivity contribution in [2.75, 3.05) is 0 Å². The van der Waals surface area contributed by atoms with Gasteiger partial charge < -0.3 is 4.46 Å². The lowest BCUT2D eigenvalue weighted by Crippen LogP contribution is -2.29. The minimum absolute atomic E-state index is 0.481. The van der Waals surface area contributed by atoms with E-state index in [4.69, 9.17) is 0 Å². The largest absolute Gasteiger partial charge is 0.393 e. The second-order valence-corrected chi connectivity index (χ2v) is 2.21. The molecule has 4 nitrogen and oxygen atoms in total. The molecule has 0 saturated carbocycles. The first-order valence-electron chi connectivity index (χ1n) is 2.26. The number of nitrogens with zero attached hydrogens (tertiary/aromatic N) is 1. The first kappa shape index (κ1) is 6.02. The van der Waals surface area contributed by atoms with Crippen molar-refractivity contribution < 1.29 is 14.1 Å². The van der Waals surface area contributed by atoms with Crippen LogP contribution in [-0.4, -0.2) is 25.9 Å². The van der Waals surface area contributed by atoms with Crippen LogP contribution in [0.15, 0.2) is 12.2 Å². The van der Waals surface area contributed by atoms with Crippen molar-refractivity contribution in [2.45, 2.75) is 0 Å². The Morgan fingerprint density at radius 3 is 1.89 bits per heavy atom. The number of imide groups is 1. The Kier molecular flexibility index (Phi) is 1.35. The number of rotatable bonds is 1. The van der Waals surface area contributed by atoms with E-state index in [-0.39, 0.29) is 0 Å². The lowest BCUT2D eigenvalue weighted by atomic mass is 10.6. The molecule has 1 rings (SSSR count). The summed E-state index contributed by atoms with van der Waals surface area (Å²) < 4.78 is 10.8. The van der Waals surface area contributed by atoms with Gasteiger partial charge in [0.2, 0.25) is 0 Å². The van der Waals surface area contributed by atoms with Gasteiger partial charge in [-0.05, 0) is 0 Å². The monoisotopic (exact) mass is 141 g/mol. The summed E-state index contributed by atoms with van der Waals surface area (Å²) in [6.07, 6.45) is 2.21. The molecule has 0 aromatic carbocycles. The van der Waals surface area contributed by atoms with Gasteiger partial charge in [0, 0.05) is 12.2 Å². The van der Waals surface area contributed by atoms with Crippen LogP contribution in [0.1, 0.15) is 0 Å². The van der Waals surface area contributed by atoms with E-state index in [1.54, 1.807) is 0 Å². The molecule has 9 heavy (non-hydrogen) atoms. The molecule has 1 aliphatic rings. The lowest BCUT2D eigenvalue weighted by Gasteiger charge is -1.99. The van der Waals surface area contributed by atoms with Gasteiger partial charge in [0.1, 0.15) is 0 Å². The zero-order valence-electron chi connectivity index (χ0n) is 4.40. The van der Waals surface area contributed by atoms with E-state index < -0.39 is 21.4 Å². The van der Waals surface area contributed by atoms with Gasteiger partial charge in [0.05, 0.1) is 0 Å². The molecular weight excluding hydrogens is 138 g/mol. The second-order valence-electron chi connectivity index (χ2n) is 1.49. The number of amides is 2. The Balaban J connectivity index is 2.87. The zero-order valence-corrected chi connectivity index (χ0v) is 5.56. The molecular formula is C4H3NO3Si. The molecule has 0 atom stereocenters. The van der Waals surface area contributed by atoms with Crippen LogP contribution in [0.5, 0.6) is 0 Å². The number of hydrogen-bond donors (Lipinski definition) is 0. The SMILES string of the molecule is O=[SiH]N1C(=O)C=CC1=O. The summed E-state index contributed by atoms with van der Waals surface area (Å²) in [6.45, 7) is 0. The van der Waals surface area contributed by atoms with Crippen molar-refractivity contribution in [3.63, 3.8) is 0 Å². The third kappa shape index (κ3) is 0.856. The fourth-order valence-electron chi connectivity index (χ4n) is 0.516. The summed E-state index contributed by atoms with van der Waals surface area (Å²) in [6, 6.07) is 0. The van der Waals surface area contributed by atoms with Crippen molar-refractivity contribution in [1.29, 1.82) is 0 Å². The lowest BCUT2D eigenvalue weighted by molar-refractivity contribution is -0.131. The minimum Gasteiger partial charge on any atom is -0.363 e. The summed E-state index contributed by atoms with van der Waals surface area (Å²) in [5.74, 6) is -0.963. The van der Waals surface area contributed by atoms with E-state index in [1.165, 1.54) is 0 Å². The Labute approximate surface area is 53.1 Å². The highest BCUT2D eigenvalue weighted by Gasteiger charge is 2.21. The molecule has 0 aromatic rings. The van der Waals surface area contributed by atoms with Crippen LogP contribution < -0.4 is 0 Å². The normalized spacial score (nSPS) is 17.1. The zero-order chi connectivity index (χ0) is 6.85. The molecule has 2 amide bonds. The van der Waals surface area contributed by atoms with Gasteiger partial charge >= 0.3 is 9.57 Å². The van der Waals surface area contributed by atoms with Gasteiger partial charge in [-0.2, -0.15) is 0 Å². The van der Waals surface area contributed by atoms with E-state index in [0.29, 0.717) is 4.57 Å². The first-order chi connectivity index (χ1) is 4.25. The van der Waals surface area contributed by atoms with Crippen LogP contribution in [-0.2, 0) is 14.1 Å². The molecule has 1 heterocycles. The Morgan fingerprint density at radius 2 is 1.67 bits per heavy atom. The van der Waals surface area contributed by atoms with E-state index >= 15 is 0 Å². The summed E-state index contributed by atoms with van der Waals surface area (Å²) in [7, 11) is -1.44. The molecule has 0 spiro atoms. The van der Waals surface area contributed by atoms with Crippen LogP contribution >= 0.6 is 0 Å². The van der Waals surface area contributed by atoms with Crippen molar-refractivity contribution in [3.8, 4) is 0 Å². The third-order valence-electron chi connectivity index (χ3n) is 0.949. The number of hydrogen-bond acceptors (Lipinski definition) is 3. The molecule has 0 fully saturated rings. The molecule has 46 valence electrons. The van der Waals surface area contributed by atoms with E-state index in [2.05, 4.69) is 0 Å². The maximum absolute atomic E-state index is 10.5. The summed E-state index contributed by atoms with van der Waals surface area (Å²) in [5.41, 5.74) is 0. The number of carbonyl (C=O) groups excluding carboxylic acids is 2. The van der Waals surface area contributed by atoms with Crippen molar-refractivity contribution >= 4 is 21.4 Å². The molecule has 5 heteroatoms. The van der Waals surface area contributed by atoms with E-state index in [9.17, 15) is 14.1 Å². The fraction of sp³-hybridized carbons (Fsp3) is 0. The molecule has 0 radical (unpaired) electrons. The maximum Gasteiger partial charge on any atom is 0.393 e. The highest BCUT2D eigenvalue weighted by molar-refractivity contribution is 6.35. The van der Waals surface area contributed by atoms with Gasteiger partial charge in [-0.1, -0.05) is 0 Å². The standard InChI is InChI=1S/C4H3NO3Si/c6-3-1-2-4(7)5(3)9-8/h1-2,9H. The van der Waals surface area contributed by atoms with Crippen LogP contribution in [0.2, 0.25) is 0 Å². The second kappa shape index (κ2) is 2.02. The number of carbonyl (C=O) groups is 2. The third-order valence-corrected chi connectivity index (χ3v) is 1.67. The fourth-order valence-corrected chi connectivity index (χ4v) is 0.896. The van der Waals surface area contributed by atoms with Gasteiger partial charge in [0.25, 0.3) is 11.8 Å². The molecule has 1 aliphatic heterocycles. The highest BCUT2D eigenvalue weighted by Crippen LogP contribution is 1.97. The van der Waals surface area contributed by atoms with Gasteiger partial charge in [0.15, 0.2) is 0 Å². The highest BCUT2D eigenvalue weighted by atomic mass is 28.2. The van der Waals surface area contributed by atoms with E-state index in [0.717, 1.165) is 12.2 Å². The van der Waals surface area contributed by atoms with Gasteiger partial charge in [-0.15, -0.1) is 0 Å². The molecule has 0 aliphatic carbocycles. The topological polar surface area (TPSA) is 54.5 Å². The summed E-state index contributed by atoms with van der Waals surface area (Å²) >= 11 is 0. The average molecular weight is 141 g/mol. The first-order valence-corrected chi connectivity index (χ1v) is 3.25. The van der Waals surface area contributed by atoms with E-state index in [1.807, 2.05) is 0 Å². The average Bonchev–Trinajstić information content (AvgIpc) is 2.12. The molecule has 0 unspecified atom stereocenters. The van der Waals surface area contributed by atoms with Crippen molar-refractivity contribution in [3.05, 3.63) is 12.2 Å². The Bertz CT molecular complexity index is 192. The Morgan fingerprint density at radius 1 is 1.22 bits per heavy atom. The smallest absolute Gasteiger partial charge is 0.363 e. The predicted octanol–water partition coefficient (Wildman–Crippen LogP) is -1.39. The maximum atomic E-state index is 10.5. The summed E-state index contributed by atoms with van der Waals surface area (Å²) in [5, 5.41) is 0. The van der Waals surface area contributed by atoms with Crippen molar-refractivity contribution in [2.24, 2.45) is 0 Å². The molecule has 0 saturated heterocycles. The molecule has 0 aromatic heterocycles. The molecule has 0 bridgehead atoms. The van der Waals surface area contributed by atoms with Crippen LogP contribution in [0.4, 0.5) is 0 Å². The summed E-state index contributed by atoms with van der Waals surface area (Å²) in [4.78, 5) is 20.9. The van der Waals surface area contributed by atoms with Crippen LogP contribution in [0, 0.1) is 0 Å². The quantitative estimate of drug-likeness (QED) is 0.333. The van der Waals surface area contributed by atoms with Crippen LogP contribution in [0.3, 0.4) is 0 Å².